The Morgan fingerprint density at radius 1 is 1.11 bits per heavy atom. The van der Waals surface area contributed by atoms with Crippen LogP contribution >= 0.6 is 0 Å². The van der Waals surface area contributed by atoms with Gasteiger partial charge in [-0.05, 0) is 25.8 Å². The molecule has 1 aromatic heterocycles. The zero-order valence-corrected chi connectivity index (χ0v) is 20.9. The van der Waals surface area contributed by atoms with E-state index in [9.17, 15) is 24.3 Å². The lowest BCUT2D eigenvalue weighted by molar-refractivity contribution is -0.246. The molecule has 4 heterocycles. The lowest BCUT2D eigenvalue weighted by Crippen LogP contribution is -2.66. The molecule has 2 aliphatic carbocycles. The van der Waals surface area contributed by atoms with E-state index in [0.29, 0.717) is 12.0 Å². The highest BCUT2D eigenvalue weighted by molar-refractivity contribution is 5.98. The van der Waals surface area contributed by atoms with E-state index >= 15 is 0 Å². The fourth-order valence-corrected chi connectivity index (χ4v) is 8.48. The molecule has 0 aromatic carbocycles. The molecule has 5 aliphatic rings. The highest BCUT2D eigenvalue weighted by atomic mass is 16.6. The largest absolute Gasteiger partial charge is 0.472 e. The Kier molecular flexibility index (Phi) is 4.45. The molecule has 9 unspecified atom stereocenters. The van der Waals surface area contributed by atoms with E-state index in [2.05, 4.69) is 0 Å². The van der Waals surface area contributed by atoms with E-state index in [0.717, 1.165) is 0 Å². The summed E-state index contributed by atoms with van der Waals surface area (Å²) in [6.45, 7) is 6.84. The van der Waals surface area contributed by atoms with Crippen LogP contribution in [0.3, 0.4) is 0 Å². The first-order chi connectivity index (χ1) is 16.8. The van der Waals surface area contributed by atoms with Crippen LogP contribution in [-0.2, 0) is 38.1 Å². The number of furan rings is 1. The number of ether oxygens (including phenoxy) is 4. The van der Waals surface area contributed by atoms with Gasteiger partial charge in [-0.1, -0.05) is 20.8 Å². The molecule has 0 bridgehead atoms. The quantitative estimate of drug-likeness (QED) is 0.471. The van der Waals surface area contributed by atoms with E-state index in [1.54, 1.807) is 26.8 Å². The molecule has 0 amide bonds. The van der Waals surface area contributed by atoms with Gasteiger partial charge < -0.3 is 28.5 Å². The average Bonchev–Trinajstić information content (AvgIpc) is 3.54. The summed E-state index contributed by atoms with van der Waals surface area (Å²) in [6, 6.07) is 1.70. The van der Waals surface area contributed by atoms with Gasteiger partial charge in [0.2, 0.25) is 6.10 Å². The molecule has 1 spiro atoms. The van der Waals surface area contributed by atoms with Gasteiger partial charge in [-0.15, -0.1) is 0 Å². The van der Waals surface area contributed by atoms with Crippen molar-refractivity contribution in [2.75, 3.05) is 7.11 Å². The van der Waals surface area contributed by atoms with Gasteiger partial charge >= 0.3 is 17.9 Å². The number of cyclic esters (lactones) is 2. The lowest BCUT2D eigenvalue weighted by Gasteiger charge is -2.52. The number of ketones is 1. The van der Waals surface area contributed by atoms with Gasteiger partial charge in [-0.2, -0.15) is 0 Å². The molecule has 2 saturated carbocycles. The first kappa shape index (κ1) is 23.7. The SMILES string of the molecule is COC(=O)C1OC(=O)C2(C)C3OC45CC(=O)OC(c6ccoc6)C4(C)CCC5(O)C3C(=O)C(C)(C)C12. The Morgan fingerprint density at radius 3 is 2.47 bits per heavy atom. The maximum Gasteiger partial charge on any atom is 0.347 e. The summed E-state index contributed by atoms with van der Waals surface area (Å²) in [4.78, 5) is 53.3. The van der Waals surface area contributed by atoms with E-state index < -0.39 is 75.5 Å². The first-order valence-corrected chi connectivity index (χ1v) is 12.2. The number of hydrogen-bond acceptors (Lipinski definition) is 10. The van der Waals surface area contributed by atoms with Crippen molar-refractivity contribution in [2.45, 2.75) is 76.5 Å². The smallest absolute Gasteiger partial charge is 0.347 e. The third-order valence-electron chi connectivity index (χ3n) is 10.2. The predicted molar refractivity (Wildman–Crippen MR) is 118 cm³/mol. The second-order valence-corrected chi connectivity index (χ2v) is 12.0. The van der Waals surface area contributed by atoms with Crippen molar-refractivity contribution in [3.05, 3.63) is 24.2 Å². The van der Waals surface area contributed by atoms with Crippen LogP contribution < -0.4 is 0 Å². The molecule has 6 rings (SSSR count). The molecule has 3 saturated heterocycles. The fraction of sp³-hybridized carbons (Fsp3) is 0.692. The monoisotopic (exact) mass is 502 g/mol. The summed E-state index contributed by atoms with van der Waals surface area (Å²) in [5.74, 6) is -4.33. The van der Waals surface area contributed by atoms with Gasteiger partial charge in [0.05, 0.1) is 38.1 Å². The topological polar surface area (TPSA) is 139 Å². The van der Waals surface area contributed by atoms with Gasteiger partial charge in [-0.25, -0.2) is 4.79 Å². The van der Waals surface area contributed by atoms with E-state index in [1.807, 2.05) is 6.92 Å². The zero-order chi connectivity index (χ0) is 26.1. The van der Waals surface area contributed by atoms with Gasteiger partial charge in [-0.3, -0.25) is 14.4 Å². The van der Waals surface area contributed by atoms with Crippen LogP contribution in [-0.4, -0.2) is 59.3 Å². The zero-order valence-electron chi connectivity index (χ0n) is 20.9. The first-order valence-electron chi connectivity index (χ1n) is 12.2. The van der Waals surface area contributed by atoms with Gasteiger partial charge in [0.15, 0.2) is 0 Å². The molecule has 9 atom stereocenters. The van der Waals surface area contributed by atoms with Crippen LogP contribution in [0.25, 0.3) is 0 Å². The van der Waals surface area contributed by atoms with Crippen molar-refractivity contribution in [2.24, 2.45) is 28.1 Å². The third kappa shape index (κ3) is 2.32. The van der Waals surface area contributed by atoms with Crippen LogP contribution in [0.1, 0.15) is 58.6 Å². The lowest BCUT2D eigenvalue weighted by atomic mass is 9.48. The average molecular weight is 503 g/mol. The minimum Gasteiger partial charge on any atom is -0.472 e. The van der Waals surface area contributed by atoms with Crippen LogP contribution in [0.15, 0.2) is 23.0 Å². The fourth-order valence-electron chi connectivity index (χ4n) is 8.48. The van der Waals surface area contributed by atoms with E-state index in [4.69, 9.17) is 23.4 Å². The highest BCUT2D eigenvalue weighted by Crippen LogP contribution is 2.74. The standard InChI is InChI=1S/C26H30O10/c1-22(2)16-15(20(29)32-5)35-21(30)24(16,4)19-14(17(22)28)25(31)8-7-23(3)18(12-6-9-33-11-12)34-13(27)10-26(23,25)36-19/h6,9,11,14-16,18-19,31H,7-8,10H2,1-5H3. The molecule has 36 heavy (non-hydrogen) atoms. The van der Waals surface area contributed by atoms with E-state index in [1.165, 1.54) is 19.6 Å². The van der Waals surface area contributed by atoms with Crippen molar-refractivity contribution < 1.29 is 47.6 Å². The number of methoxy groups -OCH3 is 1. The molecule has 10 heteroatoms. The molecular weight excluding hydrogens is 472 g/mol. The molecule has 3 aliphatic heterocycles. The summed E-state index contributed by atoms with van der Waals surface area (Å²) < 4.78 is 28.2. The van der Waals surface area contributed by atoms with Crippen LogP contribution in [0.4, 0.5) is 0 Å². The van der Waals surface area contributed by atoms with Crippen molar-refractivity contribution in [3.63, 3.8) is 0 Å². The third-order valence-corrected chi connectivity index (χ3v) is 10.2. The number of carbonyl (C=O) groups is 4. The number of rotatable bonds is 2. The van der Waals surface area contributed by atoms with Crippen molar-refractivity contribution in [1.29, 1.82) is 0 Å². The second kappa shape index (κ2) is 6.77. The molecular formula is C26H30O10. The van der Waals surface area contributed by atoms with Gasteiger partial charge in [0, 0.05) is 22.3 Å². The Morgan fingerprint density at radius 2 is 1.83 bits per heavy atom. The number of fused-ring (bicyclic) bond motifs is 4. The molecule has 1 N–H and O–H groups in total. The summed E-state index contributed by atoms with van der Waals surface area (Å²) in [5, 5.41) is 12.4. The molecule has 10 nitrogen and oxygen atoms in total. The maximum absolute atomic E-state index is 14.2. The van der Waals surface area contributed by atoms with E-state index in [-0.39, 0.29) is 18.6 Å². The number of hydrogen-bond donors (Lipinski definition) is 1. The minimum absolute atomic E-state index is 0.174. The van der Waals surface area contributed by atoms with Crippen LogP contribution in [0.5, 0.6) is 0 Å². The molecule has 0 radical (unpaired) electrons. The Balaban J connectivity index is 1.54. The summed E-state index contributed by atoms with van der Waals surface area (Å²) >= 11 is 0. The number of aliphatic hydroxyl groups is 1. The Labute approximate surface area is 207 Å². The maximum atomic E-state index is 14.2. The normalized spacial score (nSPS) is 48.4. The van der Waals surface area contributed by atoms with Crippen molar-refractivity contribution in [3.8, 4) is 0 Å². The van der Waals surface area contributed by atoms with Crippen molar-refractivity contribution in [1.82, 2.24) is 0 Å². The van der Waals surface area contributed by atoms with Gasteiger partial charge in [0.1, 0.15) is 28.5 Å². The summed E-state index contributed by atoms with van der Waals surface area (Å²) in [7, 11) is 1.19. The number of esters is 3. The number of carbonyl (C=O) groups excluding carboxylic acids is 4. The second-order valence-electron chi connectivity index (χ2n) is 12.0. The molecule has 1 aromatic rings. The van der Waals surface area contributed by atoms with Crippen LogP contribution in [0.2, 0.25) is 0 Å². The Bertz CT molecular complexity index is 1190. The van der Waals surface area contributed by atoms with Crippen molar-refractivity contribution >= 4 is 23.7 Å². The summed E-state index contributed by atoms with van der Waals surface area (Å²) in [5.41, 5.74) is -6.21. The predicted octanol–water partition coefficient (Wildman–Crippen LogP) is 1.88. The van der Waals surface area contributed by atoms with Crippen LogP contribution in [0, 0.1) is 28.1 Å². The molecule has 5 fully saturated rings. The highest BCUT2D eigenvalue weighted by Gasteiger charge is 2.86. The Hall–Kier alpha value is -2.72. The number of Topliss-reactive ketones (excluding diaryl/α,β-unsaturated/α-hetero) is 1. The van der Waals surface area contributed by atoms with Gasteiger partial charge in [0.25, 0.3) is 0 Å². The molecule has 194 valence electrons. The summed E-state index contributed by atoms with van der Waals surface area (Å²) in [6.07, 6.45) is 0.108. The minimum atomic E-state index is -1.74.